The molecule has 0 radical (unpaired) electrons. The van der Waals surface area contributed by atoms with E-state index in [0.717, 1.165) is 0 Å². The van der Waals surface area contributed by atoms with E-state index in [-0.39, 0.29) is 37.2 Å². The van der Waals surface area contributed by atoms with Crippen molar-refractivity contribution >= 4 is 23.6 Å². The molecule has 1 atom stereocenters. The van der Waals surface area contributed by atoms with Gasteiger partial charge in [-0.2, -0.15) is 0 Å². The normalized spacial score (nSPS) is 15.1. The maximum atomic E-state index is 2.59. The standard InChI is InChI=1S/C31H35Si.3ClH.Ti/c1-20-9-21(2)14-28(13-20)32(31-19-26(7)12-27(31)8,29-15-22(3)10-23(4)16-29)30-17-24(5)11-25(6)18-30;;;;/h9-11,13-19,26H,1-8H3;3*1H;/q;;;;+3/p-3. The summed E-state index contributed by atoms with van der Waals surface area (Å²) in [5.41, 5.74) is 9.58. The topological polar surface area (TPSA) is 0 Å². The Balaban J connectivity index is 0.00000216. The molecule has 0 heterocycles. The van der Waals surface area contributed by atoms with Gasteiger partial charge in [0, 0.05) is 0 Å². The molecule has 0 spiro atoms. The van der Waals surface area contributed by atoms with Gasteiger partial charge < -0.3 is 37.2 Å². The van der Waals surface area contributed by atoms with Gasteiger partial charge in [-0.1, -0.05) is 0 Å². The van der Waals surface area contributed by atoms with Crippen molar-refractivity contribution in [2.75, 3.05) is 0 Å². The number of benzene rings is 3. The average Bonchev–Trinajstić information content (AvgIpc) is 2.94. The Kier molecular flexibility index (Phi) is 11.6. The zero-order chi connectivity index (χ0) is 24.1. The van der Waals surface area contributed by atoms with E-state index in [0.29, 0.717) is 5.92 Å². The second-order valence-corrected chi connectivity index (χ2v) is 14.9. The third kappa shape index (κ3) is 5.98. The third-order valence-corrected chi connectivity index (χ3v) is 13.2. The fourth-order valence-electron chi connectivity index (χ4n) is 5.89. The minimum absolute atomic E-state index is 0. The van der Waals surface area contributed by atoms with Gasteiger partial charge in [-0.15, -0.1) is 0 Å². The molecule has 0 N–H and O–H groups in total. The Morgan fingerprint density at radius 2 is 0.806 bits per heavy atom. The van der Waals surface area contributed by atoms with Crippen LogP contribution in [0, 0.1) is 47.5 Å². The largest absolute Gasteiger partial charge is 1.00 e. The van der Waals surface area contributed by atoms with Crippen LogP contribution in [0.2, 0.25) is 0 Å². The molecule has 1 unspecified atom stereocenters. The molecule has 1 aliphatic rings. The minimum Gasteiger partial charge on any atom is -1.00 e. The van der Waals surface area contributed by atoms with Gasteiger partial charge in [0.15, 0.2) is 0 Å². The summed E-state index contributed by atoms with van der Waals surface area (Å²) in [6.45, 7) is 18.2. The Morgan fingerprint density at radius 1 is 0.528 bits per heavy atom. The van der Waals surface area contributed by atoms with E-state index < -0.39 is 8.07 Å². The summed E-state index contributed by atoms with van der Waals surface area (Å²) < 4.78 is 1.51. The van der Waals surface area contributed by atoms with Crippen LogP contribution in [0.4, 0.5) is 0 Å². The van der Waals surface area contributed by atoms with Crippen molar-refractivity contribution in [2.24, 2.45) is 5.92 Å². The number of hydrogen-bond acceptors (Lipinski definition) is 0. The van der Waals surface area contributed by atoms with Crippen molar-refractivity contribution in [1.29, 1.82) is 0 Å². The Hall–Kier alpha value is -1.06. The molecular weight excluding hydrogens is 555 g/mol. The fourth-order valence-corrected chi connectivity index (χ4v) is 12.2. The maximum absolute atomic E-state index is 2.59. The molecule has 36 heavy (non-hydrogen) atoms. The molecule has 3 aromatic rings. The van der Waals surface area contributed by atoms with Crippen LogP contribution in [0.1, 0.15) is 47.2 Å². The van der Waals surface area contributed by atoms with Crippen molar-refractivity contribution in [3.05, 3.63) is 109 Å². The average molecular weight is 590 g/mol. The molecule has 0 amide bonds. The van der Waals surface area contributed by atoms with E-state index in [1.54, 1.807) is 5.20 Å². The summed E-state index contributed by atoms with van der Waals surface area (Å²) >= 11 is 2.33. The number of rotatable bonds is 4. The Morgan fingerprint density at radius 3 is 1.03 bits per heavy atom. The molecule has 0 saturated heterocycles. The van der Waals surface area contributed by atoms with Gasteiger partial charge >= 0.3 is 214 Å². The predicted molar refractivity (Wildman–Crippen MR) is 142 cm³/mol. The minimum atomic E-state index is -2.52. The number of hydrogen-bond donors (Lipinski definition) is 0. The van der Waals surface area contributed by atoms with Gasteiger partial charge in [-0.3, -0.25) is 0 Å². The van der Waals surface area contributed by atoms with Gasteiger partial charge in [0.25, 0.3) is 0 Å². The van der Waals surface area contributed by atoms with Crippen LogP contribution in [0.15, 0.2) is 75.3 Å². The maximum Gasteiger partial charge on any atom is -1.00 e. The van der Waals surface area contributed by atoms with Crippen molar-refractivity contribution in [3.8, 4) is 0 Å². The van der Waals surface area contributed by atoms with Crippen LogP contribution in [0.3, 0.4) is 0 Å². The molecule has 0 nitrogen and oxygen atoms in total. The predicted octanol–water partition coefficient (Wildman–Crippen LogP) is -3.04. The molecule has 0 aromatic heterocycles. The summed E-state index contributed by atoms with van der Waals surface area (Å²) in [7, 11) is -2.52. The Labute approximate surface area is 249 Å². The van der Waals surface area contributed by atoms with E-state index in [2.05, 4.69) is 136 Å². The van der Waals surface area contributed by atoms with E-state index in [4.69, 9.17) is 0 Å². The second kappa shape index (κ2) is 12.7. The van der Waals surface area contributed by atoms with Crippen molar-refractivity contribution in [2.45, 2.75) is 55.4 Å². The van der Waals surface area contributed by atoms with Crippen molar-refractivity contribution < 1.29 is 57.7 Å². The van der Waals surface area contributed by atoms with E-state index in [1.807, 2.05) is 0 Å². The summed E-state index contributed by atoms with van der Waals surface area (Å²) in [4.78, 5) is 0. The Bertz CT molecular complexity index is 1140. The van der Waals surface area contributed by atoms with Gasteiger partial charge in [0.05, 0.1) is 0 Å². The van der Waals surface area contributed by atoms with Crippen LogP contribution in [-0.2, 0) is 20.4 Å². The van der Waals surface area contributed by atoms with Crippen LogP contribution in [-0.4, -0.2) is 8.07 Å². The van der Waals surface area contributed by atoms with Gasteiger partial charge in [-0.05, 0) is 0 Å². The van der Waals surface area contributed by atoms with Gasteiger partial charge in [0.1, 0.15) is 0 Å². The molecular formula is C31H35Cl3SiTi. The van der Waals surface area contributed by atoms with Crippen LogP contribution >= 0.6 is 0 Å². The number of allylic oxidation sites excluding steroid dienone is 4. The van der Waals surface area contributed by atoms with E-state index >= 15 is 0 Å². The first kappa shape index (κ1) is 33.0. The fraction of sp³-hybridized carbons (Fsp3) is 0.290. The first-order valence-electron chi connectivity index (χ1n) is 11.9. The quantitative estimate of drug-likeness (QED) is 0.224. The van der Waals surface area contributed by atoms with Crippen LogP contribution in [0.5, 0.6) is 0 Å². The van der Waals surface area contributed by atoms with Gasteiger partial charge in [-0.25, -0.2) is 0 Å². The van der Waals surface area contributed by atoms with Crippen molar-refractivity contribution in [3.63, 3.8) is 0 Å². The van der Waals surface area contributed by atoms with Crippen LogP contribution < -0.4 is 52.8 Å². The van der Waals surface area contributed by atoms with Crippen LogP contribution in [0.25, 0.3) is 0 Å². The summed E-state index contributed by atoms with van der Waals surface area (Å²) in [5, 5.41) is 6.08. The molecule has 1 aliphatic carbocycles. The summed E-state index contributed by atoms with van der Waals surface area (Å²) in [6, 6.07) is 21.8. The van der Waals surface area contributed by atoms with E-state index in [9.17, 15) is 0 Å². The zero-order valence-corrected chi connectivity index (χ0v) is 27.3. The first-order chi connectivity index (χ1) is 15.5. The molecule has 4 rings (SSSR count). The summed E-state index contributed by atoms with van der Waals surface area (Å²) in [6.07, 6.45) is 2.59. The molecule has 3 aromatic carbocycles. The molecule has 5 heteroatoms. The molecule has 0 saturated carbocycles. The number of aryl methyl sites for hydroxylation is 6. The zero-order valence-electron chi connectivity index (χ0n) is 22.5. The molecule has 188 valence electrons. The molecule has 0 aliphatic heterocycles. The third-order valence-electron chi connectivity index (χ3n) is 7.05. The SMILES string of the molecule is CC1=[C]([Ti+3])C(C)C=C1[Si](c1cc(C)cc(C)c1)(c1cc(C)cc(C)c1)c1cc(C)cc(C)c1.[Cl-].[Cl-].[Cl-]. The van der Waals surface area contributed by atoms with Crippen molar-refractivity contribution in [1.82, 2.24) is 0 Å². The molecule has 0 fully saturated rings. The van der Waals surface area contributed by atoms with Gasteiger partial charge in [0.2, 0.25) is 0 Å². The smallest absolute Gasteiger partial charge is 1.00 e. The number of halogens is 3. The van der Waals surface area contributed by atoms with E-state index in [1.165, 1.54) is 58.4 Å². The monoisotopic (exact) mass is 588 g/mol. The molecule has 0 bridgehead atoms. The summed E-state index contributed by atoms with van der Waals surface area (Å²) in [5.74, 6) is 0.481. The second-order valence-electron chi connectivity index (χ2n) is 10.3. The first-order valence-corrected chi connectivity index (χ1v) is 14.7.